The third-order valence-electron chi connectivity index (χ3n) is 16.7. The van der Waals surface area contributed by atoms with Gasteiger partial charge in [-0.3, -0.25) is 9.59 Å². The number of esters is 1. The van der Waals surface area contributed by atoms with E-state index in [2.05, 4.69) is 55.6 Å². The molecule has 0 fully saturated rings. The lowest BCUT2D eigenvalue weighted by Crippen LogP contribution is -2.45. The first-order valence-corrected chi connectivity index (χ1v) is 35.7. The van der Waals surface area contributed by atoms with Crippen molar-refractivity contribution in [3.63, 3.8) is 0 Å². The molecule has 0 aromatic carbocycles. The number of hydrogen-bond acceptors (Lipinski definition) is 5. The Morgan fingerprint density at radius 1 is 0.354 bits per heavy atom. The van der Waals surface area contributed by atoms with E-state index in [0.717, 1.165) is 51.4 Å². The van der Waals surface area contributed by atoms with Crippen LogP contribution in [0.3, 0.4) is 0 Å². The maximum atomic E-state index is 12.5. The summed E-state index contributed by atoms with van der Waals surface area (Å²) in [5, 5.41) is 23.4. The van der Waals surface area contributed by atoms with Gasteiger partial charge in [-0.1, -0.05) is 333 Å². The molecule has 0 saturated carbocycles. The summed E-state index contributed by atoms with van der Waals surface area (Å²) in [5.41, 5.74) is 0. The lowest BCUT2D eigenvalue weighted by molar-refractivity contribution is -0.143. The van der Waals surface area contributed by atoms with Crippen LogP contribution in [0.5, 0.6) is 0 Å². The Morgan fingerprint density at radius 2 is 0.633 bits per heavy atom. The van der Waals surface area contributed by atoms with Crippen LogP contribution in [0.15, 0.2) is 36.5 Å². The number of ether oxygens (including phenoxy) is 1. The number of rotatable bonds is 67. The van der Waals surface area contributed by atoms with Crippen LogP contribution in [0.25, 0.3) is 0 Å². The van der Waals surface area contributed by atoms with Gasteiger partial charge in [0, 0.05) is 12.8 Å². The van der Waals surface area contributed by atoms with Crippen LogP contribution in [0.4, 0.5) is 0 Å². The van der Waals surface area contributed by atoms with E-state index in [-0.39, 0.29) is 18.5 Å². The lowest BCUT2D eigenvalue weighted by atomic mass is 10.0. The Hall–Kier alpha value is -1.92. The highest BCUT2D eigenvalue weighted by Crippen LogP contribution is 2.19. The molecule has 0 saturated heterocycles. The monoisotopic (exact) mass is 1110 g/mol. The van der Waals surface area contributed by atoms with E-state index in [4.69, 9.17) is 4.74 Å². The van der Waals surface area contributed by atoms with E-state index >= 15 is 0 Å². The summed E-state index contributed by atoms with van der Waals surface area (Å²) in [6.07, 6.45) is 87.6. The summed E-state index contributed by atoms with van der Waals surface area (Å²) < 4.78 is 5.50. The molecule has 6 nitrogen and oxygen atoms in total. The maximum absolute atomic E-state index is 12.5. The van der Waals surface area contributed by atoms with Crippen LogP contribution in [-0.4, -0.2) is 47.4 Å². The maximum Gasteiger partial charge on any atom is 0.305 e. The van der Waals surface area contributed by atoms with Gasteiger partial charge in [-0.2, -0.15) is 0 Å². The predicted molar refractivity (Wildman–Crippen MR) is 347 cm³/mol. The van der Waals surface area contributed by atoms with E-state index in [1.54, 1.807) is 0 Å². The van der Waals surface area contributed by atoms with Crippen LogP contribution in [0.1, 0.15) is 393 Å². The van der Waals surface area contributed by atoms with Gasteiger partial charge >= 0.3 is 5.97 Å². The van der Waals surface area contributed by atoms with E-state index in [0.29, 0.717) is 25.9 Å². The van der Waals surface area contributed by atoms with Gasteiger partial charge in [0.15, 0.2) is 0 Å². The van der Waals surface area contributed by atoms with E-state index < -0.39 is 12.1 Å². The molecule has 0 aliphatic heterocycles. The molecule has 0 aromatic heterocycles. The molecule has 3 N–H and O–H groups in total. The molecule has 79 heavy (non-hydrogen) atoms. The highest BCUT2D eigenvalue weighted by Gasteiger charge is 2.20. The summed E-state index contributed by atoms with van der Waals surface area (Å²) in [4.78, 5) is 24.6. The average Bonchev–Trinajstić information content (AvgIpc) is 3.45. The van der Waals surface area contributed by atoms with Gasteiger partial charge in [-0.15, -0.1) is 0 Å². The Labute approximate surface area is 494 Å². The van der Waals surface area contributed by atoms with Crippen molar-refractivity contribution < 1.29 is 24.5 Å². The van der Waals surface area contributed by atoms with Gasteiger partial charge < -0.3 is 20.3 Å². The summed E-state index contributed by atoms with van der Waals surface area (Å²) in [7, 11) is 0. The van der Waals surface area contributed by atoms with Crippen molar-refractivity contribution in [2.24, 2.45) is 0 Å². The van der Waals surface area contributed by atoms with Gasteiger partial charge in [0.25, 0.3) is 0 Å². The minimum atomic E-state index is -0.667. The molecular formula is C73H139NO5. The number of carbonyl (C=O) groups is 2. The first-order valence-electron chi connectivity index (χ1n) is 35.7. The Bertz CT molecular complexity index is 1280. The molecule has 0 radical (unpaired) electrons. The van der Waals surface area contributed by atoms with Crippen molar-refractivity contribution >= 4 is 11.9 Å². The zero-order valence-electron chi connectivity index (χ0n) is 53.4. The SMILES string of the molecule is CCCCCC/C=C\C/C=C\CCCCCCCCCC(=O)OCCCCCCCCCCCCCC/C=C\CCCCCCCCCCCC(=O)NC(CO)C(O)CCCCCCCCCCCCCCCCCCCCC. The summed E-state index contributed by atoms with van der Waals surface area (Å²) in [5.74, 6) is -0.0279. The fraction of sp³-hybridized carbons (Fsp3) is 0.890. The van der Waals surface area contributed by atoms with E-state index in [9.17, 15) is 19.8 Å². The molecule has 0 aliphatic carbocycles. The molecule has 0 bridgehead atoms. The average molecular weight is 1110 g/mol. The molecule has 2 unspecified atom stereocenters. The minimum Gasteiger partial charge on any atom is -0.466 e. The lowest BCUT2D eigenvalue weighted by Gasteiger charge is -2.22. The minimum absolute atomic E-state index is 0.00674. The van der Waals surface area contributed by atoms with Crippen molar-refractivity contribution in [1.29, 1.82) is 0 Å². The van der Waals surface area contributed by atoms with Crippen molar-refractivity contribution in [2.75, 3.05) is 13.2 Å². The van der Waals surface area contributed by atoms with Crippen LogP contribution < -0.4 is 5.32 Å². The summed E-state index contributed by atoms with van der Waals surface area (Å²) in [6.45, 7) is 4.97. The number of amides is 1. The van der Waals surface area contributed by atoms with Crippen LogP contribution >= 0.6 is 0 Å². The second kappa shape index (κ2) is 68.6. The molecule has 1 amide bonds. The number of unbranched alkanes of at least 4 members (excludes halogenated alkanes) is 50. The van der Waals surface area contributed by atoms with Gasteiger partial charge in [-0.05, 0) is 83.5 Å². The number of nitrogens with one attached hydrogen (secondary N) is 1. The number of aliphatic hydroxyl groups is 2. The van der Waals surface area contributed by atoms with E-state index in [1.807, 2.05) is 0 Å². The molecule has 0 aliphatic rings. The normalized spacial score (nSPS) is 12.7. The number of carbonyl (C=O) groups excluding carboxylic acids is 2. The zero-order valence-corrected chi connectivity index (χ0v) is 53.4. The highest BCUT2D eigenvalue weighted by molar-refractivity contribution is 5.76. The Morgan fingerprint density at radius 3 is 0.987 bits per heavy atom. The molecule has 6 heteroatoms. The predicted octanol–water partition coefficient (Wildman–Crippen LogP) is 23.1. The molecule has 0 rings (SSSR count). The van der Waals surface area contributed by atoms with Crippen molar-refractivity contribution in [2.45, 2.75) is 405 Å². The number of aliphatic hydroxyl groups excluding tert-OH is 2. The highest BCUT2D eigenvalue weighted by atomic mass is 16.5. The van der Waals surface area contributed by atoms with Crippen LogP contribution in [0.2, 0.25) is 0 Å². The van der Waals surface area contributed by atoms with Crippen molar-refractivity contribution in [3.8, 4) is 0 Å². The van der Waals surface area contributed by atoms with Gasteiger partial charge in [0.2, 0.25) is 5.91 Å². The van der Waals surface area contributed by atoms with Crippen molar-refractivity contribution in [3.05, 3.63) is 36.5 Å². The Balaban J connectivity index is 3.39. The fourth-order valence-corrected chi connectivity index (χ4v) is 11.2. The number of allylic oxidation sites excluding steroid dienone is 6. The molecular weight excluding hydrogens is 971 g/mol. The summed E-state index contributed by atoms with van der Waals surface area (Å²) in [6, 6.07) is -0.545. The molecule has 0 heterocycles. The van der Waals surface area contributed by atoms with Crippen LogP contribution in [0, 0.1) is 0 Å². The zero-order chi connectivity index (χ0) is 57.1. The van der Waals surface area contributed by atoms with Gasteiger partial charge in [0.1, 0.15) is 0 Å². The first kappa shape index (κ1) is 77.1. The van der Waals surface area contributed by atoms with Crippen LogP contribution in [-0.2, 0) is 14.3 Å². The fourth-order valence-electron chi connectivity index (χ4n) is 11.2. The third kappa shape index (κ3) is 65.1. The summed E-state index contributed by atoms with van der Waals surface area (Å²) >= 11 is 0. The van der Waals surface area contributed by atoms with E-state index in [1.165, 1.54) is 308 Å². The molecule has 466 valence electrons. The van der Waals surface area contributed by atoms with Crippen molar-refractivity contribution in [1.82, 2.24) is 5.32 Å². The Kier molecular flexibility index (Phi) is 66.9. The quantitative estimate of drug-likeness (QED) is 0.0320. The molecule has 2 atom stereocenters. The second-order valence-corrected chi connectivity index (χ2v) is 24.6. The molecule has 0 spiro atoms. The smallest absolute Gasteiger partial charge is 0.305 e. The third-order valence-corrected chi connectivity index (χ3v) is 16.7. The first-order chi connectivity index (χ1) is 39.0. The topological polar surface area (TPSA) is 95.9 Å². The van der Waals surface area contributed by atoms with Gasteiger partial charge in [0.05, 0.1) is 25.4 Å². The number of hydrogen-bond donors (Lipinski definition) is 3. The molecule has 0 aromatic rings. The van der Waals surface area contributed by atoms with Gasteiger partial charge in [-0.25, -0.2) is 0 Å². The largest absolute Gasteiger partial charge is 0.466 e. The second-order valence-electron chi connectivity index (χ2n) is 24.6. The standard InChI is InChI=1S/C73H139NO5/c1-3-5-7-9-11-13-15-17-19-21-30-33-37-41-45-49-53-57-61-65-71(76)70(69-75)74-72(77)66-62-58-54-50-46-42-38-34-31-28-26-24-23-25-27-29-32-36-40-44-48-52-56-60-64-68-79-73(78)67-63-59-55-51-47-43-39-35-22-20-18-16-14-12-10-8-6-4-2/h14,16,20,22,24,26,70-71,75-76H,3-13,15,17-19,21,23,25,27-69H2,1-2H3,(H,74,77)/b16-14-,22-20-,26-24-.